The summed E-state index contributed by atoms with van der Waals surface area (Å²) >= 11 is 1.32. The Labute approximate surface area is 156 Å². The summed E-state index contributed by atoms with van der Waals surface area (Å²) in [6.07, 6.45) is 0. The van der Waals surface area contributed by atoms with Gasteiger partial charge in [-0.3, -0.25) is 4.79 Å². The Hall–Kier alpha value is -2.73. The number of hydrogen-bond donors (Lipinski definition) is 2. The van der Waals surface area contributed by atoms with E-state index in [1.165, 1.54) is 29.0 Å². The number of carbonyl (C=O) groups excluding carboxylic acids is 1. The summed E-state index contributed by atoms with van der Waals surface area (Å²) in [5.41, 5.74) is 4.82. The molecule has 0 saturated heterocycles. The van der Waals surface area contributed by atoms with Crippen molar-refractivity contribution in [3.63, 3.8) is 0 Å². The molecule has 0 aliphatic carbocycles. The number of halogens is 1. The number of aromatic nitrogens is 1. The molecule has 2 aromatic carbocycles. The van der Waals surface area contributed by atoms with Crippen LogP contribution in [0, 0.1) is 26.6 Å². The quantitative estimate of drug-likeness (QED) is 0.674. The second kappa shape index (κ2) is 7.66. The van der Waals surface area contributed by atoms with Crippen LogP contribution in [0.2, 0.25) is 0 Å². The van der Waals surface area contributed by atoms with Gasteiger partial charge in [-0.15, -0.1) is 0 Å². The van der Waals surface area contributed by atoms with Gasteiger partial charge >= 0.3 is 0 Å². The number of carbonyl (C=O) groups is 1. The van der Waals surface area contributed by atoms with Crippen molar-refractivity contribution in [1.29, 1.82) is 0 Å². The van der Waals surface area contributed by atoms with Gasteiger partial charge in [-0.25, -0.2) is 9.37 Å². The lowest BCUT2D eigenvalue weighted by Crippen LogP contribution is -2.22. The van der Waals surface area contributed by atoms with Crippen LogP contribution in [0.1, 0.15) is 32.1 Å². The minimum atomic E-state index is -0.291. The van der Waals surface area contributed by atoms with E-state index in [2.05, 4.69) is 21.7 Å². The van der Waals surface area contributed by atoms with Gasteiger partial charge in [0.15, 0.2) is 5.13 Å². The van der Waals surface area contributed by atoms with Gasteiger partial charge in [0, 0.05) is 12.2 Å². The Morgan fingerprint density at radius 1 is 1.12 bits per heavy atom. The molecule has 2 N–H and O–H groups in total. The lowest BCUT2D eigenvalue weighted by molar-refractivity contribution is 0.0954. The minimum absolute atomic E-state index is 0.182. The molecule has 0 atom stereocenters. The van der Waals surface area contributed by atoms with E-state index in [9.17, 15) is 9.18 Å². The third-order valence-corrected chi connectivity index (χ3v) is 5.06. The van der Waals surface area contributed by atoms with E-state index < -0.39 is 0 Å². The van der Waals surface area contributed by atoms with Crippen LogP contribution in [0.3, 0.4) is 0 Å². The van der Waals surface area contributed by atoms with Gasteiger partial charge in [0.05, 0.1) is 5.69 Å². The molecule has 3 aromatic rings. The highest BCUT2D eigenvalue weighted by atomic mass is 32.1. The number of rotatable bonds is 5. The number of benzene rings is 2. The number of anilines is 2. The number of thiazole rings is 1. The van der Waals surface area contributed by atoms with Crippen molar-refractivity contribution in [2.24, 2.45) is 0 Å². The molecule has 0 aliphatic rings. The SMILES string of the molecule is Cc1ccc(Nc2nc(C)c(C(=O)NCc3ccc(F)cc3)s2)c(C)c1. The summed E-state index contributed by atoms with van der Waals surface area (Å²) in [4.78, 5) is 17.5. The molecule has 0 saturated carbocycles. The maximum absolute atomic E-state index is 12.9. The average Bonchev–Trinajstić information content (AvgIpc) is 2.97. The number of nitrogens with one attached hydrogen (secondary N) is 2. The molecule has 0 bridgehead atoms. The second-order valence-electron chi connectivity index (χ2n) is 6.19. The van der Waals surface area contributed by atoms with Gasteiger partial charge in [-0.2, -0.15) is 0 Å². The predicted octanol–water partition coefficient (Wildman–Crippen LogP) is 4.88. The maximum Gasteiger partial charge on any atom is 0.263 e. The first-order valence-electron chi connectivity index (χ1n) is 8.27. The molecule has 3 rings (SSSR count). The Balaban J connectivity index is 1.68. The van der Waals surface area contributed by atoms with Crippen molar-refractivity contribution >= 4 is 28.1 Å². The van der Waals surface area contributed by atoms with Crippen molar-refractivity contribution in [3.8, 4) is 0 Å². The van der Waals surface area contributed by atoms with Gasteiger partial charge in [-0.05, 0) is 50.1 Å². The van der Waals surface area contributed by atoms with Crippen molar-refractivity contribution in [1.82, 2.24) is 10.3 Å². The Morgan fingerprint density at radius 2 is 1.85 bits per heavy atom. The van der Waals surface area contributed by atoms with Gasteiger partial charge in [0.25, 0.3) is 5.91 Å². The molecule has 0 fully saturated rings. The van der Waals surface area contributed by atoms with E-state index in [4.69, 9.17) is 0 Å². The minimum Gasteiger partial charge on any atom is -0.347 e. The van der Waals surface area contributed by atoms with Gasteiger partial charge in [0.2, 0.25) is 0 Å². The molecule has 0 unspecified atom stereocenters. The first kappa shape index (κ1) is 18.1. The Bertz CT molecular complexity index is 935. The standard InChI is InChI=1S/C20H20FN3OS/c1-12-4-9-17(13(2)10-12)24-20-23-14(3)18(26-20)19(25)22-11-15-5-7-16(21)8-6-15/h4-10H,11H2,1-3H3,(H,22,25)(H,23,24). The van der Waals surface area contributed by atoms with Crippen LogP contribution < -0.4 is 10.6 Å². The highest BCUT2D eigenvalue weighted by Crippen LogP contribution is 2.27. The van der Waals surface area contributed by atoms with Crippen LogP contribution in [-0.4, -0.2) is 10.9 Å². The third-order valence-electron chi connectivity index (χ3n) is 3.99. The van der Waals surface area contributed by atoms with E-state index in [0.717, 1.165) is 16.8 Å². The van der Waals surface area contributed by atoms with Crippen molar-refractivity contribution in [2.75, 3.05) is 5.32 Å². The summed E-state index contributed by atoms with van der Waals surface area (Å²) in [5, 5.41) is 6.82. The molecule has 1 heterocycles. The Kier molecular flexibility index (Phi) is 5.32. The van der Waals surface area contributed by atoms with Crippen molar-refractivity contribution in [3.05, 3.63) is 75.5 Å². The van der Waals surface area contributed by atoms with Crippen molar-refractivity contribution in [2.45, 2.75) is 27.3 Å². The summed E-state index contributed by atoms with van der Waals surface area (Å²) < 4.78 is 12.9. The smallest absolute Gasteiger partial charge is 0.263 e. The molecular weight excluding hydrogens is 349 g/mol. The summed E-state index contributed by atoms with van der Waals surface area (Å²) in [6.45, 7) is 6.24. The Morgan fingerprint density at radius 3 is 2.54 bits per heavy atom. The topological polar surface area (TPSA) is 54.0 Å². The largest absolute Gasteiger partial charge is 0.347 e. The summed E-state index contributed by atoms with van der Waals surface area (Å²) in [6, 6.07) is 12.2. The van der Waals surface area contributed by atoms with Crippen LogP contribution in [0.5, 0.6) is 0 Å². The molecule has 0 radical (unpaired) electrons. The monoisotopic (exact) mass is 369 g/mol. The van der Waals surface area contributed by atoms with E-state index in [0.29, 0.717) is 22.2 Å². The van der Waals surface area contributed by atoms with E-state index >= 15 is 0 Å². The van der Waals surface area contributed by atoms with Gasteiger partial charge in [-0.1, -0.05) is 41.2 Å². The molecule has 1 aromatic heterocycles. The highest BCUT2D eigenvalue weighted by molar-refractivity contribution is 7.17. The van der Waals surface area contributed by atoms with E-state index in [-0.39, 0.29) is 11.7 Å². The zero-order chi connectivity index (χ0) is 18.7. The molecule has 134 valence electrons. The summed E-state index contributed by atoms with van der Waals surface area (Å²) in [7, 11) is 0. The fourth-order valence-corrected chi connectivity index (χ4v) is 3.49. The second-order valence-corrected chi connectivity index (χ2v) is 7.19. The van der Waals surface area contributed by atoms with Crippen molar-refractivity contribution < 1.29 is 9.18 Å². The highest BCUT2D eigenvalue weighted by Gasteiger charge is 2.15. The fourth-order valence-electron chi connectivity index (χ4n) is 2.59. The number of amides is 1. The predicted molar refractivity (Wildman–Crippen MR) is 104 cm³/mol. The normalized spacial score (nSPS) is 10.6. The summed E-state index contributed by atoms with van der Waals surface area (Å²) in [5.74, 6) is -0.474. The number of aryl methyl sites for hydroxylation is 3. The third kappa shape index (κ3) is 4.26. The fraction of sp³-hybridized carbons (Fsp3) is 0.200. The molecular formula is C20H20FN3OS. The van der Waals surface area contributed by atoms with Crippen LogP contribution in [0.4, 0.5) is 15.2 Å². The van der Waals surface area contributed by atoms with E-state index in [1.807, 2.05) is 32.9 Å². The molecule has 0 aliphatic heterocycles. The van der Waals surface area contributed by atoms with Crippen LogP contribution >= 0.6 is 11.3 Å². The van der Waals surface area contributed by atoms with E-state index in [1.54, 1.807) is 12.1 Å². The zero-order valence-corrected chi connectivity index (χ0v) is 15.7. The zero-order valence-electron chi connectivity index (χ0n) is 14.9. The molecule has 6 heteroatoms. The lowest BCUT2D eigenvalue weighted by Gasteiger charge is -2.07. The number of hydrogen-bond acceptors (Lipinski definition) is 4. The molecule has 1 amide bonds. The number of nitrogens with zero attached hydrogens (tertiary/aromatic N) is 1. The molecule has 26 heavy (non-hydrogen) atoms. The van der Waals surface area contributed by atoms with Crippen LogP contribution in [0.25, 0.3) is 0 Å². The lowest BCUT2D eigenvalue weighted by atomic mass is 10.1. The molecule has 0 spiro atoms. The van der Waals surface area contributed by atoms with Gasteiger partial charge in [0.1, 0.15) is 10.7 Å². The van der Waals surface area contributed by atoms with Crippen LogP contribution in [0.15, 0.2) is 42.5 Å². The van der Waals surface area contributed by atoms with Gasteiger partial charge < -0.3 is 10.6 Å². The van der Waals surface area contributed by atoms with Crippen LogP contribution in [-0.2, 0) is 6.54 Å². The average molecular weight is 369 g/mol. The first-order chi connectivity index (χ1) is 12.4. The first-order valence-corrected chi connectivity index (χ1v) is 9.08. The molecule has 4 nitrogen and oxygen atoms in total. The maximum atomic E-state index is 12.9.